The van der Waals surface area contributed by atoms with Crippen LogP contribution >= 0.6 is 0 Å². The van der Waals surface area contributed by atoms with E-state index < -0.39 is 23.5 Å². The van der Waals surface area contributed by atoms with E-state index in [4.69, 9.17) is 14.2 Å². The van der Waals surface area contributed by atoms with Gasteiger partial charge in [0.05, 0.1) is 0 Å². The van der Waals surface area contributed by atoms with E-state index in [9.17, 15) is 9.59 Å². The predicted octanol–water partition coefficient (Wildman–Crippen LogP) is 1.87. The van der Waals surface area contributed by atoms with Gasteiger partial charge in [-0.1, -0.05) is 31.5 Å². The molecule has 0 aromatic heterocycles. The normalized spacial score (nSPS) is 20.4. The van der Waals surface area contributed by atoms with Crippen molar-refractivity contribution < 1.29 is 23.8 Å². The maximum atomic E-state index is 11.7. The van der Waals surface area contributed by atoms with Gasteiger partial charge in [0.15, 0.2) is 6.61 Å². The summed E-state index contributed by atoms with van der Waals surface area (Å²) in [6, 6.07) is 7.32. The maximum absolute atomic E-state index is 11.7. The lowest BCUT2D eigenvalue weighted by molar-refractivity contribution is -0.164. The van der Waals surface area contributed by atoms with Crippen LogP contribution in [0.4, 0.5) is 0 Å². The van der Waals surface area contributed by atoms with E-state index in [-0.39, 0.29) is 13.2 Å². The highest BCUT2D eigenvalue weighted by molar-refractivity contribution is 5.82. The highest BCUT2D eigenvalue weighted by atomic mass is 16.6. The van der Waals surface area contributed by atoms with Crippen molar-refractivity contribution in [1.82, 2.24) is 0 Å². The number of rotatable bonds is 4. The lowest BCUT2D eigenvalue weighted by atomic mass is 9.90. The van der Waals surface area contributed by atoms with Gasteiger partial charge in [0, 0.05) is 5.41 Å². The van der Waals surface area contributed by atoms with Crippen molar-refractivity contribution in [3.05, 3.63) is 29.8 Å². The minimum absolute atomic E-state index is 0.233. The standard InChI is InChI=1S/C15H18O5/c1-10-4-6-11(7-5-10)18-8-12(16)20-13-14(17)19-9-15(13,2)3/h4-7,13H,8-9H2,1-3H3/t13-/m0/s1. The first-order chi connectivity index (χ1) is 9.38. The van der Waals surface area contributed by atoms with E-state index in [0.717, 1.165) is 5.56 Å². The maximum Gasteiger partial charge on any atom is 0.348 e. The largest absolute Gasteiger partial charge is 0.482 e. The molecule has 2 rings (SSSR count). The molecule has 1 saturated heterocycles. The monoisotopic (exact) mass is 278 g/mol. The average molecular weight is 278 g/mol. The molecule has 0 saturated carbocycles. The van der Waals surface area contributed by atoms with Crippen LogP contribution in [-0.2, 0) is 19.1 Å². The van der Waals surface area contributed by atoms with Gasteiger partial charge in [-0.2, -0.15) is 0 Å². The van der Waals surface area contributed by atoms with Gasteiger partial charge in [-0.3, -0.25) is 0 Å². The molecule has 108 valence electrons. The van der Waals surface area contributed by atoms with Gasteiger partial charge in [0.1, 0.15) is 12.4 Å². The molecule has 5 heteroatoms. The molecule has 0 amide bonds. The van der Waals surface area contributed by atoms with E-state index in [0.29, 0.717) is 5.75 Å². The average Bonchev–Trinajstić information content (AvgIpc) is 2.65. The highest BCUT2D eigenvalue weighted by Crippen LogP contribution is 2.31. The van der Waals surface area contributed by atoms with Crippen molar-refractivity contribution >= 4 is 11.9 Å². The van der Waals surface area contributed by atoms with Gasteiger partial charge in [-0.05, 0) is 19.1 Å². The van der Waals surface area contributed by atoms with Crippen molar-refractivity contribution in [2.24, 2.45) is 5.41 Å². The first-order valence-corrected chi connectivity index (χ1v) is 6.44. The molecule has 1 fully saturated rings. The van der Waals surface area contributed by atoms with Crippen molar-refractivity contribution in [2.75, 3.05) is 13.2 Å². The van der Waals surface area contributed by atoms with Crippen LogP contribution in [0.3, 0.4) is 0 Å². The number of cyclic esters (lactones) is 1. The summed E-state index contributed by atoms with van der Waals surface area (Å²) >= 11 is 0. The summed E-state index contributed by atoms with van der Waals surface area (Å²) in [5.74, 6) is -0.498. The second-order valence-electron chi connectivity index (χ2n) is 5.57. The summed E-state index contributed by atoms with van der Waals surface area (Å²) in [4.78, 5) is 23.2. The molecule has 0 aliphatic carbocycles. The number of hydrogen-bond donors (Lipinski definition) is 0. The molecule has 1 aromatic rings. The predicted molar refractivity (Wildman–Crippen MR) is 71.3 cm³/mol. The Labute approximate surface area is 117 Å². The van der Waals surface area contributed by atoms with Gasteiger partial charge in [0.25, 0.3) is 0 Å². The van der Waals surface area contributed by atoms with Crippen molar-refractivity contribution in [1.29, 1.82) is 0 Å². The van der Waals surface area contributed by atoms with Gasteiger partial charge in [-0.25, -0.2) is 9.59 Å². The van der Waals surface area contributed by atoms with Crippen LogP contribution in [0, 0.1) is 12.3 Å². The lowest BCUT2D eigenvalue weighted by Crippen LogP contribution is -2.36. The molecule has 1 aromatic carbocycles. The van der Waals surface area contributed by atoms with Crippen LogP contribution < -0.4 is 4.74 Å². The topological polar surface area (TPSA) is 61.8 Å². The minimum Gasteiger partial charge on any atom is -0.482 e. The molecule has 0 radical (unpaired) electrons. The lowest BCUT2D eigenvalue weighted by Gasteiger charge is -2.21. The van der Waals surface area contributed by atoms with E-state index >= 15 is 0 Å². The first-order valence-electron chi connectivity index (χ1n) is 6.44. The Balaban J connectivity index is 1.86. The van der Waals surface area contributed by atoms with Crippen LogP contribution in [0.15, 0.2) is 24.3 Å². The van der Waals surface area contributed by atoms with Gasteiger partial charge in [-0.15, -0.1) is 0 Å². The SMILES string of the molecule is Cc1ccc(OCC(=O)O[C@H]2C(=O)OCC2(C)C)cc1. The molecular formula is C15H18O5. The Bertz CT molecular complexity index is 504. The molecule has 0 unspecified atom stereocenters. The molecule has 5 nitrogen and oxygen atoms in total. The van der Waals surface area contributed by atoms with Crippen LogP contribution in [0.5, 0.6) is 5.75 Å². The Morgan fingerprint density at radius 2 is 2.00 bits per heavy atom. The zero-order valence-electron chi connectivity index (χ0n) is 11.8. The van der Waals surface area contributed by atoms with E-state index in [1.807, 2.05) is 32.9 Å². The number of hydrogen-bond acceptors (Lipinski definition) is 5. The molecule has 1 aliphatic heterocycles. The minimum atomic E-state index is -0.864. The molecule has 0 N–H and O–H groups in total. The third kappa shape index (κ3) is 3.29. The summed E-state index contributed by atoms with van der Waals surface area (Å²) in [5, 5.41) is 0. The molecule has 1 heterocycles. The van der Waals surface area contributed by atoms with Gasteiger partial charge >= 0.3 is 11.9 Å². The van der Waals surface area contributed by atoms with Crippen LogP contribution in [0.2, 0.25) is 0 Å². The Morgan fingerprint density at radius 3 is 2.55 bits per heavy atom. The smallest absolute Gasteiger partial charge is 0.348 e. The zero-order chi connectivity index (χ0) is 14.8. The Hall–Kier alpha value is -2.04. The summed E-state index contributed by atoms with van der Waals surface area (Å²) in [6.45, 7) is 5.62. The number of esters is 2. The molecule has 1 atom stereocenters. The van der Waals surface area contributed by atoms with Crippen molar-refractivity contribution in [3.63, 3.8) is 0 Å². The van der Waals surface area contributed by atoms with Crippen molar-refractivity contribution in [3.8, 4) is 5.75 Å². The quantitative estimate of drug-likeness (QED) is 0.787. The van der Waals surface area contributed by atoms with Gasteiger partial charge in [0.2, 0.25) is 6.10 Å². The summed E-state index contributed by atoms with van der Waals surface area (Å²) in [5.41, 5.74) is 0.603. The number of carbonyl (C=O) groups is 2. The van der Waals surface area contributed by atoms with Crippen LogP contribution in [0.1, 0.15) is 19.4 Å². The van der Waals surface area contributed by atoms with E-state index in [1.54, 1.807) is 12.1 Å². The Kier molecular flexibility index (Phi) is 3.97. The third-order valence-electron chi connectivity index (χ3n) is 3.14. The zero-order valence-corrected chi connectivity index (χ0v) is 11.8. The van der Waals surface area contributed by atoms with E-state index in [2.05, 4.69) is 0 Å². The molecule has 1 aliphatic rings. The third-order valence-corrected chi connectivity index (χ3v) is 3.14. The molecule has 20 heavy (non-hydrogen) atoms. The summed E-state index contributed by atoms with van der Waals surface area (Å²) in [6.07, 6.45) is -0.864. The van der Waals surface area contributed by atoms with Crippen LogP contribution in [0.25, 0.3) is 0 Å². The van der Waals surface area contributed by atoms with Gasteiger partial charge < -0.3 is 14.2 Å². The number of ether oxygens (including phenoxy) is 3. The first kappa shape index (κ1) is 14.4. The van der Waals surface area contributed by atoms with Crippen molar-refractivity contribution in [2.45, 2.75) is 26.9 Å². The number of aryl methyl sites for hydroxylation is 1. The fourth-order valence-electron chi connectivity index (χ4n) is 1.88. The molecule has 0 spiro atoms. The molecule has 0 bridgehead atoms. The fraction of sp³-hybridized carbons (Fsp3) is 0.467. The highest BCUT2D eigenvalue weighted by Gasteiger charge is 2.46. The summed E-state index contributed by atoms with van der Waals surface area (Å²) < 4.78 is 15.4. The Morgan fingerprint density at radius 1 is 1.35 bits per heavy atom. The summed E-state index contributed by atoms with van der Waals surface area (Å²) in [7, 11) is 0. The second kappa shape index (κ2) is 5.53. The second-order valence-corrected chi connectivity index (χ2v) is 5.57. The van der Waals surface area contributed by atoms with E-state index in [1.165, 1.54) is 0 Å². The molecular weight excluding hydrogens is 260 g/mol. The van der Waals surface area contributed by atoms with Crippen LogP contribution in [-0.4, -0.2) is 31.3 Å². The number of carbonyl (C=O) groups excluding carboxylic acids is 2. The number of benzene rings is 1. The fourth-order valence-corrected chi connectivity index (χ4v) is 1.88.